The first kappa shape index (κ1) is 17.9. The van der Waals surface area contributed by atoms with Crippen molar-refractivity contribution in [1.82, 2.24) is 14.9 Å². The van der Waals surface area contributed by atoms with Crippen molar-refractivity contribution in [2.75, 3.05) is 0 Å². The molecule has 0 aliphatic rings. The molecule has 1 heterocycles. The van der Waals surface area contributed by atoms with Crippen molar-refractivity contribution in [1.29, 1.82) is 0 Å². The molecule has 1 aromatic heterocycles. The summed E-state index contributed by atoms with van der Waals surface area (Å²) in [5.74, 6) is 0.305. The molecule has 0 aliphatic heterocycles. The summed E-state index contributed by atoms with van der Waals surface area (Å²) in [6.45, 7) is -0.101. The zero-order valence-electron chi connectivity index (χ0n) is 12.8. The Kier molecular flexibility index (Phi) is 5.39. The van der Waals surface area contributed by atoms with Crippen molar-refractivity contribution in [3.05, 3.63) is 70.0 Å². The minimum absolute atomic E-state index is 0.101. The quantitative estimate of drug-likeness (QED) is 0.685. The zero-order chi connectivity index (χ0) is 17.9. The molecule has 0 bridgehead atoms. The molecule has 9 heteroatoms. The number of sulfonamides is 1. The number of nitrogens with one attached hydrogen (secondary N) is 1. The highest BCUT2D eigenvalue weighted by Crippen LogP contribution is 2.20. The van der Waals surface area contributed by atoms with E-state index in [0.29, 0.717) is 27.0 Å². The Balaban J connectivity index is 1.65. The number of hydrogen-bond donors (Lipinski definition) is 1. The molecule has 6 nitrogen and oxygen atoms in total. The molecule has 0 atom stereocenters. The minimum atomic E-state index is -3.57. The number of benzene rings is 2. The van der Waals surface area contributed by atoms with Crippen LogP contribution in [-0.2, 0) is 22.3 Å². The van der Waals surface area contributed by atoms with Gasteiger partial charge in [0.15, 0.2) is 0 Å². The number of aromatic nitrogens is 2. The second-order valence-electron chi connectivity index (χ2n) is 5.23. The predicted molar refractivity (Wildman–Crippen MR) is 95.7 cm³/mol. The fourth-order valence-corrected chi connectivity index (χ4v) is 3.61. The molecule has 0 spiro atoms. The van der Waals surface area contributed by atoms with E-state index < -0.39 is 10.0 Å². The van der Waals surface area contributed by atoms with E-state index in [2.05, 4.69) is 14.9 Å². The molecule has 2 aromatic carbocycles. The van der Waals surface area contributed by atoms with Gasteiger partial charge in [-0.25, -0.2) is 13.1 Å². The Morgan fingerprint density at radius 1 is 1.04 bits per heavy atom. The van der Waals surface area contributed by atoms with E-state index in [1.165, 1.54) is 0 Å². The lowest BCUT2D eigenvalue weighted by atomic mass is 10.2. The second-order valence-corrected chi connectivity index (χ2v) is 7.91. The molecule has 25 heavy (non-hydrogen) atoms. The van der Waals surface area contributed by atoms with Crippen molar-refractivity contribution in [3.63, 3.8) is 0 Å². The van der Waals surface area contributed by atoms with Crippen LogP contribution >= 0.6 is 23.2 Å². The van der Waals surface area contributed by atoms with E-state index in [0.717, 1.165) is 0 Å². The maximum absolute atomic E-state index is 12.1. The molecular formula is C16H13Cl2N3O3S. The Morgan fingerprint density at radius 2 is 1.76 bits per heavy atom. The highest BCUT2D eigenvalue weighted by atomic mass is 35.5. The van der Waals surface area contributed by atoms with Crippen LogP contribution in [0.1, 0.15) is 11.5 Å². The molecule has 3 rings (SSSR count). The van der Waals surface area contributed by atoms with Gasteiger partial charge in [0, 0.05) is 15.6 Å². The first-order chi connectivity index (χ1) is 11.9. The fourth-order valence-electron chi connectivity index (χ4n) is 2.14. The molecule has 0 saturated heterocycles. The summed E-state index contributed by atoms with van der Waals surface area (Å²) in [5, 5.41) is 4.86. The molecule has 0 fully saturated rings. The summed E-state index contributed by atoms with van der Waals surface area (Å²) >= 11 is 11.8. The van der Waals surface area contributed by atoms with Crippen LogP contribution in [0.5, 0.6) is 0 Å². The second kappa shape index (κ2) is 7.53. The normalized spacial score (nSPS) is 11.6. The van der Waals surface area contributed by atoms with Crippen molar-refractivity contribution in [3.8, 4) is 11.4 Å². The number of halogens is 2. The van der Waals surface area contributed by atoms with Gasteiger partial charge in [-0.05, 0) is 29.8 Å². The average molecular weight is 398 g/mol. The van der Waals surface area contributed by atoms with Gasteiger partial charge in [0.2, 0.25) is 21.7 Å². The standard InChI is InChI=1S/C16H13Cl2N3O3S/c17-13-5-1-3-11(7-13)10-25(22,23)19-9-15-20-16(21-24-15)12-4-2-6-14(18)8-12/h1-8,19H,9-10H2. The smallest absolute Gasteiger partial charge is 0.242 e. The van der Waals surface area contributed by atoms with Crippen LogP contribution in [-0.4, -0.2) is 18.6 Å². The SMILES string of the molecule is O=S(=O)(Cc1cccc(Cl)c1)NCc1nc(-c2cccc(Cl)c2)no1. The molecule has 1 N–H and O–H groups in total. The molecule has 0 amide bonds. The topological polar surface area (TPSA) is 85.1 Å². The number of rotatable bonds is 6. The van der Waals surface area contributed by atoms with E-state index in [1.807, 2.05) is 0 Å². The summed E-state index contributed by atoms with van der Waals surface area (Å²) in [4.78, 5) is 4.16. The third-order valence-electron chi connectivity index (χ3n) is 3.24. The lowest BCUT2D eigenvalue weighted by Gasteiger charge is -2.05. The highest BCUT2D eigenvalue weighted by molar-refractivity contribution is 7.88. The summed E-state index contributed by atoms with van der Waals surface area (Å²) in [6, 6.07) is 13.6. The van der Waals surface area contributed by atoms with Crippen molar-refractivity contribution in [2.24, 2.45) is 0 Å². The Hall–Kier alpha value is -1.93. The van der Waals surface area contributed by atoms with Crippen LogP contribution in [0.25, 0.3) is 11.4 Å². The molecule has 0 radical (unpaired) electrons. The molecular weight excluding hydrogens is 385 g/mol. The zero-order valence-corrected chi connectivity index (χ0v) is 15.1. The van der Waals surface area contributed by atoms with Crippen LogP contribution in [0.15, 0.2) is 53.1 Å². The minimum Gasteiger partial charge on any atom is -0.338 e. The first-order valence-electron chi connectivity index (χ1n) is 7.22. The van der Waals surface area contributed by atoms with Crippen molar-refractivity contribution < 1.29 is 12.9 Å². The fraction of sp³-hybridized carbons (Fsp3) is 0.125. The van der Waals surface area contributed by atoms with Gasteiger partial charge in [0.1, 0.15) is 0 Å². The number of hydrogen-bond acceptors (Lipinski definition) is 5. The molecule has 0 saturated carbocycles. The summed E-state index contributed by atoms with van der Waals surface area (Å²) < 4.78 is 31.8. The predicted octanol–water partition coefficient (Wildman–Crippen LogP) is 3.66. The summed E-state index contributed by atoms with van der Waals surface area (Å²) in [5.41, 5.74) is 1.27. The largest absolute Gasteiger partial charge is 0.338 e. The lowest BCUT2D eigenvalue weighted by Crippen LogP contribution is -2.24. The maximum Gasteiger partial charge on any atom is 0.242 e. The molecule has 0 aliphatic carbocycles. The van der Waals surface area contributed by atoms with Crippen LogP contribution in [0.3, 0.4) is 0 Å². The lowest BCUT2D eigenvalue weighted by molar-refractivity contribution is 0.376. The highest BCUT2D eigenvalue weighted by Gasteiger charge is 2.15. The van der Waals surface area contributed by atoms with Crippen LogP contribution in [0, 0.1) is 0 Å². The van der Waals surface area contributed by atoms with Gasteiger partial charge >= 0.3 is 0 Å². The van der Waals surface area contributed by atoms with Gasteiger partial charge in [-0.3, -0.25) is 0 Å². The summed E-state index contributed by atoms with van der Waals surface area (Å²) in [6.07, 6.45) is 0. The van der Waals surface area contributed by atoms with Crippen LogP contribution in [0.4, 0.5) is 0 Å². The molecule has 3 aromatic rings. The third-order valence-corrected chi connectivity index (χ3v) is 5.01. The van der Waals surface area contributed by atoms with Gasteiger partial charge in [0.25, 0.3) is 0 Å². The Morgan fingerprint density at radius 3 is 2.48 bits per heavy atom. The third kappa shape index (κ3) is 5.02. The van der Waals surface area contributed by atoms with Crippen molar-refractivity contribution in [2.45, 2.75) is 12.3 Å². The van der Waals surface area contributed by atoms with E-state index in [1.54, 1.807) is 48.5 Å². The van der Waals surface area contributed by atoms with Gasteiger partial charge < -0.3 is 4.52 Å². The van der Waals surface area contributed by atoms with Crippen LogP contribution in [0.2, 0.25) is 10.0 Å². The molecule has 0 unspecified atom stereocenters. The Bertz CT molecular complexity index is 990. The van der Waals surface area contributed by atoms with E-state index in [-0.39, 0.29) is 18.2 Å². The van der Waals surface area contributed by atoms with Crippen molar-refractivity contribution >= 4 is 33.2 Å². The average Bonchev–Trinajstić information content (AvgIpc) is 3.02. The van der Waals surface area contributed by atoms with E-state index in [4.69, 9.17) is 27.7 Å². The van der Waals surface area contributed by atoms with Gasteiger partial charge in [-0.1, -0.05) is 52.6 Å². The monoisotopic (exact) mass is 397 g/mol. The van der Waals surface area contributed by atoms with Gasteiger partial charge in [-0.15, -0.1) is 0 Å². The molecule has 130 valence electrons. The summed E-state index contributed by atoms with van der Waals surface area (Å²) in [7, 11) is -3.57. The van der Waals surface area contributed by atoms with Gasteiger partial charge in [0.05, 0.1) is 12.3 Å². The number of nitrogens with zero attached hydrogens (tertiary/aromatic N) is 2. The van der Waals surface area contributed by atoms with E-state index in [9.17, 15) is 8.42 Å². The van der Waals surface area contributed by atoms with Crippen LogP contribution < -0.4 is 4.72 Å². The Labute approximate surface area is 154 Å². The van der Waals surface area contributed by atoms with E-state index >= 15 is 0 Å². The van der Waals surface area contributed by atoms with Gasteiger partial charge in [-0.2, -0.15) is 4.98 Å². The first-order valence-corrected chi connectivity index (χ1v) is 9.62. The maximum atomic E-state index is 12.1.